The molecule has 0 aliphatic rings. The minimum atomic E-state index is 0.621. The third kappa shape index (κ3) is 2.61. The van der Waals surface area contributed by atoms with Crippen molar-refractivity contribution in [1.82, 2.24) is 4.98 Å². The van der Waals surface area contributed by atoms with Crippen LogP contribution in [0.2, 0.25) is 0 Å². The maximum Gasteiger partial charge on any atom is 0.143 e. The maximum atomic E-state index is 5.73. The van der Waals surface area contributed by atoms with Crippen LogP contribution in [-0.2, 0) is 0 Å². The normalized spacial score (nSPS) is 10.3. The second-order valence-corrected chi connectivity index (χ2v) is 4.21. The average Bonchev–Trinajstić information content (AvgIpc) is 2.19. The Bertz CT molecular complexity index is 304. The van der Waals surface area contributed by atoms with Crippen LogP contribution in [0.5, 0.6) is 0 Å². The molecule has 0 spiro atoms. The first kappa shape index (κ1) is 11.8. The third-order valence-electron chi connectivity index (χ3n) is 2.10. The molecule has 0 amide bonds. The van der Waals surface area contributed by atoms with E-state index in [2.05, 4.69) is 39.7 Å². The highest BCUT2D eigenvalue weighted by molar-refractivity contribution is 9.10. The summed E-state index contributed by atoms with van der Waals surface area (Å²) in [7, 11) is 0. The van der Waals surface area contributed by atoms with Crippen LogP contribution in [0.15, 0.2) is 16.7 Å². The molecule has 0 saturated carbocycles. The molecule has 0 aliphatic heterocycles. The van der Waals surface area contributed by atoms with E-state index in [0.717, 1.165) is 23.4 Å². The van der Waals surface area contributed by atoms with Gasteiger partial charge >= 0.3 is 0 Å². The average molecular weight is 278 g/mol. The molecule has 2 nitrogen and oxygen atoms in total. The Morgan fingerprint density at radius 1 is 1.57 bits per heavy atom. The SMILES string of the molecule is CCN(CCCl)c1nccc(C)c1Br. The lowest BCUT2D eigenvalue weighted by Crippen LogP contribution is -2.26. The van der Waals surface area contributed by atoms with Gasteiger partial charge in [0.2, 0.25) is 0 Å². The lowest BCUT2D eigenvalue weighted by atomic mass is 10.3. The fourth-order valence-corrected chi connectivity index (χ4v) is 1.95. The molecule has 1 aromatic rings. The van der Waals surface area contributed by atoms with E-state index in [-0.39, 0.29) is 0 Å². The van der Waals surface area contributed by atoms with Gasteiger partial charge in [-0.3, -0.25) is 0 Å². The van der Waals surface area contributed by atoms with Crippen LogP contribution >= 0.6 is 27.5 Å². The van der Waals surface area contributed by atoms with Gasteiger partial charge in [-0.15, -0.1) is 11.6 Å². The number of anilines is 1. The van der Waals surface area contributed by atoms with Crippen molar-refractivity contribution in [3.05, 3.63) is 22.3 Å². The van der Waals surface area contributed by atoms with Gasteiger partial charge in [-0.25, -0.2) is 4.98 Å². The molecular weight excluding hydrogens is 263 g/mol. The monoisotopic (exact) mass is 276 g/mol. The lowest BCUT2D eigenvalue weighted by molar-refractivity contribution is 0.845. The number of hydrogen-bond acceptors (Lipinski definition) is 2. The number of pyridine rings is 1. The standard InChI is InChI=1S/C10H14BrClN2/c1-3-14(7-5-12)10-9(11)8(2)4-6-13-10/h4,6H,3,5,7H2,1-2H3. The number of aryl methyl sites for hydroxylation is 1. The summed E-state index contributed by atoms with van der Waals surface area (Å²) in [6, 6.07) is 1.99. The molecule has 0 bridgehead atoms. The van der Waals surface area contributed by atoms with Gasteiger partial charge in [0.25, 0.3) is 0 Å². The van der Waals surface area contributed by atoms with Crippen molar-refractivity contribution in [3.8, 4) is 0 Å². The molecular formula is C10H14BrClN2. The number of rotatable bonds is 4. The summed E-state index contributed by atoms with van der Waals surface area (Å²) < 4.78 is 1.06. The molecule has 0 aliphatic carbocycles. The van der Waals surface area contributed by atoms with Crippen molar-refractivity contribution in [2.24, 2.45) is 0 Å². The van der Waals surface area contributed by atoms with Gasteiger partial charge in [-0.05, 0) is 41.4 Å². The fraction of sp³-hybridized carbons (Fsp3) is 0.500. The Balaban J connectivity index is 2.97. The minimum Gasteiger partial charge on any atom is -0.355 e. The Kier molecular flexibility index (Phi) is 4.69. The second kappa shape index (κ2) is 5.56. The van der Waals surface area contributed by atoms with E-state index in [1.54, 1.807) is 0 Å². The van der Waals surface area contributed by atoms with E-state index in [1.165, 1.54) is 5.56 Å². The Hall–Kier alpha value is -0.280. The molecule has 0 N–H and O–H groups in total. The van der Waals surface area contributed by atoms with Crippen molar-refractivity contribution >= 4 is 33.3 Å². The highest BCUT2D eigenvalue weighted by Crippen LogP contribution is 2.26. The Morgan fingerprint density at radius 3 is 2.86 bits per heavy atom. The van der Waals surface area contributed by atoms with E-state index < -0.39 is 0 Å². The molecule has 14 heavy (non-hydrogen) atoms. The Morgan fingerprint density at radius 2 is 2.29 bits per heavy atom. The van der Waals surface area contributed by atoms with Crippen LogP contribution in [0.1, 0.15) is 12.5 Å². The lowest BCUT2D eigenvalue weighted by Gasteiger charge is -2.22. The van der Waals surface area contributed by atoms with Crippen molar-refractivity contribution in [1.29, 1.82) is 0 Å². The van der Waals surface area contributed by atoms with Crippen LogP contribution in [0, 0.1) is 6.92 Å². The largest absolute Gasteiger partial charge is 0.355 e. The molecule has 0 fully saturated rings. The zero-order valence-corrected chi connectivity index (χ0v) is 10.8. The van der Waals surface area contributed by atoms with Crippen LogP contribution in [0.25, 0.3) is 0 Å². The van der Waals surface area contributed by atoms with E-state index >= 15 is 0 Å². The van der Waals surface area contributed by atoms with E-state index in [9.17, 15) is 0 Å². The predicted octanol–water partition coefficient (Wildman–Crippen LogP) is 3.22. The van der Waals surface area contributed by atoms with Gasteiger partial charge in [0, 0.05) is 25.2 Å². The fourth-order valence-electron chi connectivity index (χ4n) is 1.26. The first-order valence-corrected chi connectivity index (χ1v) is 5.95. The summed E-state index contributed by atoms with van der Waals surface area (Å²) in [6.07, 6.45) is 1.83. The minimum absolute atomic E-state index is 0.621. The number of aromatic nitrogens is 1. The summed E-state index contributed by atoms with van der Waals surface area (Å²) in [5.41, 5.74) is 1.20. The van der Waals surface area contributed by atoms with Gasteiger partial charge in [0.05, 0.1) is 4.47 Å². The summed E-state index contributed by atoms with van der Waals surface area (Å²) in [4.78, 5) is 6.51. The third-order valence-corrected chi connectivity index (χ3v) is 3.25. The molecule has 0 atom stereocenters. The highest BCUT2D eigenvalue weighted by Gasteiger charge is 2.10. The molecule has 0 aromatic carbocycles. The molecule has 0 unspecified atom stereocenters. The van der Waals surface area contributed by atoms with E-state index in [1.807, 2.05) is 12.3 Å². The van der Waals surface area contributed by atoms with Crippen LogP contribution in [0.4, 0.5) is 5.82 Å². The maximum absolute atomic E-state index is 5.73. The molecule has 0 saturated heterocycles. The zero-order chi connectivity index (χ0) is 10.6. The van der Waals surface area contributed by atoms with Crippen LogP contribution in [-0.4, -0.2) is 24.0 Å². The van der Waals surface area contributed by atoms with Crippen molar-refractivity contribution in [3.63, 3.8) is 0 Å². The first-order chi connectivity index (χ1) is 6.70. The summed E-state index contributed by atoms with van der Waals surface area (Å²) in [5.74, 6) is 1.60. The summed E-state index contributed by atoms with van der Waals surface area (Å²) in [6.45, 7) is 5.90. The number of halogens is 2. The predicted molar refractivity (Wildman–Crippen MR) is 65.3 cm³/mol. The number of hydrogen-bond donors (Lipinski definition) is 0. The summed E-state index contributed by atoms with van der Waals surface area (Å²) >= 11 is 9.28. The smallest absolute Gasteiger partial charge is 0.143 e. The first-order valence-electron chi connectivity index (χ1n) is 4.62. The van der Waals surface area contributed by atoms with Gasteiger partial charge in [-0.2, -0.15) is 0 Å². The molecule has 1 rings (SSSR count). The van der Waals surface area contributed by atoms with Gasteiger partial charge in [0.1, 0.15) is 5.82 Å². The summed E-state index contributed by atoms with van der Waals surface area (Å²) in [5, 5.41) is 0. The second-order valence-electron chi connectivity index (χ2n) is 3.03. The van der Waals surface area contributed by atoms with Gasteiger partial charge < -0.3 is 4.90 Å². The van der Waals surface area contributed by atoms with Crippen molar-refractivity contribution in [2.75, 3.05) is 23.9 Å². The van der Waals surface area contributed by atoms with Crippen LogP contribution in [0.3, 0.4) is 0 Å². The van der Waals surface area contributed by atoms with Crippen molar-refractivity contribution in [2.45, 2.75) is 13.8 Å². The van der Waals surface area contributed by atoms with Crippen molar-refractivity contribution < 1.29 is 0 Å². The quantitative estimate of drug-likeness (QED) is 0.786. The van der Waals surface area contributed by atoms with Crippen LogP contribution < -0.4 is 4.90 Å². The van der Waals surface area contributed by atoms with Gasteiger partial charge in [0.15, 0.2) is 0 Å². The molecule has 4 heteroatoms. The molecule has 1 heterocycles. The highest BCUT2D eigenvalue weighted by atomic mass is 79.9. The molecule has 0 radical (unpaired) electrons. The Labute approximate surface area is 98.4 Å². The zero-order valence-electron chi connectivity index (χ0n) is 8.43. The molecule has 78 valence electrons. The number of alkyl halides is 1. The topological polar surface area (TPSA) is 16.1 Å². The van der Waals surface area contributed by atoms with E-state index in [4.69, 9.17) is 11.6 Å². The number of nitrogens with zero attached hydrogens (tertiary/aromatic N) is 2. The van der Waals surface area contributed by atoms with E-state index in [0.29, 0.717) is 5.88 Å². The molecule has 1 aromatic heterocycles. The van der Waals surface area contributed by atoms with Gasteiger partial charge in [-0.1, -0.05) is 0 Å².